The number of nitrogens with zero attached hydrogens (tertiary/aromatic N) is 2. The lowest BCUT2D eigenvalue weighted by molar-refractivity contribution is -0.135. The lowest BCUT2D eigenvalue weighted by atomic mass is 10.00. The first-order valence-electron chi connectivity index (χ1n) is 12.2. The molecule has 0 bridgehead atoms. The van der Waals surface area contributed by atoms with Crippen LogP contribution in [0.25, 0.3) is 0 Å². The maximum absolute atomic E-state index is 13.6. The van der Waals surface area contributed by atoms with E-state index >= 15 is 0 Å². The molecule has 0 unspecified atom stereocenters. The molecule has 1 N–H and O–H groups in total. The summed E-state index contributed by atoms with van der Waals surface area (Å²) in [6.45, 7) is 13.7. The molecule has 0 saturated carbocycles. The highest BCUT2D eigenvalue weighted by Gasteiger charge is 2.34. The Morgan fingerprint density at radius 3 is 2.59 bits per heavy atom. The minimum absolute atomic E-state index is 0.0401. The smallest absolute Gasteiger partial charge is 0.318 e. The summed E-state index contributed by atoms with van der Waals surface area (Å²) in [6, 6.07) is 9.71. The first-order valence-corrected chi connectivity index (χ1v) is 13.1. The van der Waals surface area contributed by atoms with Gasteiger partial charge in [0.15, 0.2) is 0 Å². The summed E-state index contributed by atoms with van der Waals surface area (Å²) in [5.74, 6) is 1.06. The van der Waals surface area contributed by atoms with Gasteiger partial charge in [-0.05, 0) is 69.2 Å². The standard InChI is InChI=1S/C27H39N3O3S/c1-7-19(2)16-29(26(32)28-27(4,5)6)17-25(31)30-14-12-24-22(13-15-34-24)23(30)18-33-21-10-8-20(3)9-11-21/h8-11,13,15,19,23H,7,12,14,16-18H2,1-6H3,(H,28,32)/t19-,23+/m0/s1. The van der Waals surface area contributed by atoms with Gasteiger partial charge in [-0.3, -0.25) is 4.79 Å². The highest BCUT2D eigenvalue weighted by Crippen LogP contribution is 2.34. The Morgan fingerprint density at radius 1 is 1.24 bits per heavy atom. The summed E-state index contributed by atoms with van der Waals surface area (Å²) in [6.07, 6.45) is 1.78. The molecular weight excluding hydrogens is 446 g/mol. The minimum atomic E-state index is -0.366. The van der Waals surface area contributed by atoms with E-state index in [0.717, 1.165) is 24.2 Å². The van der Waals surface area contributed by atoms with Crippen LogP contribution in [0.5, 0.6) is 5.75 Å². The van der Waals surface area contributed by atoms with Gasteiger partial charge < -0.3 is 19.9 Å². The quantitative estimate of drug-likeness (QED) is 0.543. The zero-order valence-electron chi connectivity index (χ0n) is 21.4. The Bertz CT molecular complexity index is 964. The van der Waals surface area contributed by atoms with Gasteiger partial charge >= 0.3 is 6.03 Å². The molecule has 1 aliphatic heterocycles. The fourth-order valence-electron chi connectivity index (χ4n) is 4.06. The van der Waals surface area contributed by atoms with E-state index in [9.17, 15) is 9.59 Å². The molecule has 3 amide bonds. The third-order valence-electron chi connectivity index (χ3n) is 6.17. The normalized spacial score (nSPS) is 16.5. The number of thiophene rings is 1. The average Bonchev–Trinajstić information content (AvgIpc) is 3.25. The molecule has 1 aliphatic rings. The molecule has 0 fully saturated rings. The van der Waals surface area contributed by atoms with Crippen LogP contribution in [0.15, 0.2) is 35.7 Å². The van der Waals surface area contributed by atoms with Crippen molar-refractivity contribution in [1.29, 1.82) is 0 Å². The van der Waals surface area contributed by atoms with Gasteiger partial charge in [0.25, 0.3) is 0 Å². The molecule has 6 nitrogen and oxygen atoms in total. The number of aryl methyl sites for hydroxylation is 1. The third kappa shape index (κ3) is 6.98. The second-order valence-corrected chi connectivity index (χ2v) is 11.4. The van der Waals surface area contributed by atoms with Crippen molar-refractivity contribution in [3.63, 3.8) is 0 Å². The summed E-state index contributed by atoms with van der Waals surface area (Å²) < 4.78 is 6.13. The molecule has 34 heavy (non-hydrogen) atoms. The number of ether oxygens (including phenoxy) is 1. The number of nitrogens with one attached hydrogen (secondary N) is 1. The monoisotopic (exact) mass is 485 g/mol. The number of rotatable bonds is 8. The molecule has 0 aliphatic carbocycles. The molecule has 1 aromatic carbocycles. The molecular formula is C27H39N3O3S. The van der Waals surface area contributed by atoms with Gasteiger partial charge in [0.1, 0.15) is 18.9 Å². The predicted molar refractivity (Wildman–Crippen MR) is 138 cm³/mol. The minimum Gasteiger partial charge on any atom is -0.491 e. The van der Waals surface area contributed by atoms with Gasteiger partial charge in [-0.2, -0.15) is 0 Å². The summed E-state index contributed by atoms with van der Waals surface area (Å²) in [5, 5.41) is 5.11. The van der Waals surface area contributed by atoms with Crippen LogP contribution in [0, 0.1) is 12.8 Å². The fourth-order valence-corrected chi connectivity index (χ4v) is 4.99. The van der Waals surface area contributed by atoms with Crippen molar-refractivity contribution < 1.29 is 14.3 Å². The Hall–Kier alpha value is -2.54. The fraction of sp³-hybridized carbons (Fsp3) is 0.556. The van der Waals surface area contributed by atoms with Gasteiger partial charge in [0.05, 0.1) is 6.04 Å². The average molecular weight is 486 g/mol. The van der Waals surface area contributed by atoms with Crippen molar-refractivity contribution in [2.45, 2.75) is 66.0 Å². The highest BCUT2D eigenvalue weighted by molar-refractivity contribution is 7.10. The number of hydrogen-bond acceptors (Lipinski definition) is 4. The van der Waals surface area contributed by atoms with E-state index in [4.69, 9.17) is 4.74 Å². The Labute approximate surface area is 208 Å². The van der Waals surface area contributed by atoms with Crippen LogP contribution in [0.3, 0.4) is 0 Å². The van der Waals surface area contributed by atoms with Crippen molar-refractivity contribution in [2.75, 3.05) is 26.2 Å². The van der Waals surface area contributed by atoms with Crippen LogP contribution in [0.4, 0.5) is 4.79 Å². The largest absolute Gasteiger partial charge is 0.491 e. The SMILES string of the molecule is CC[C@H](C)CN(CC(=O)N1CCc2sccc2[C@H]1COc1ccc(C)cc1)C(=O)NC(C)(C)C. The van der Waals surface area contributed by atoms with E-state index in [-0.39, 0.29) is 30.1 Å². The topological polar surface area (TPSA) is 61.9 Å². The summed E-state index contributed by atoms with van der Waals surface area (Å²) in [4.78, 5) is 31.5. The van der Waals surface area contributed by atoms with Crippen LogP contribution in [-0.2, 0) is 11.2 Å². The van der Waals surface area contributed by atoms with Crippen molar-refractivity contribution >= 4 is 23.3 Å². The number of benzene rings is 1. The van der Waals surface area contributed by atoms with Gasteiger partial charge in [-0.25, -0.2) is 4.79 Å². The zero-order valence-corrected chi connectivity index (χ0v) is 22.2. The van der Waals surface area contributed by atoms with Crippen molar-refractivity contribution in [3.8, 4) is 5.75 Å². The Kier molecular flexibility index (Phi) is 8.63. The van der Waals surface area contributed by atoms with Crippen LogP contribution in [0.2, 0.25) is 0 Å². The first-order chi connectivity index (χ1) is 16.1. The first kappa shape index (κ1) is 26.1. The second-order valence-electron chi connectivity index (χ2n) is 10.4. The predicted octanol–water partition coefficient (Wildman–Crippen LogP) is 5.42. The van der Waals surface area contributed by atoms with Crippen molar-refractivity contribution in [2.24, 2.45) is 5.92 Å². The van der Waals surface area contributed by atoms with Gasteiger partial charge in [-0.15, -0.1) is 11.3 Å². The molecule has 2 aromatic rings. The molecule has 186 valence electrons. The van der Waals surface area contributed by atoms with Gasteiger partial charge in [0, 0.05) is 23.5 Å². The van der Waals surface area contributed by atoms with E-state index in [2.05, 4.69) is 30.6 Å². The zero-order chi connectivity index (χ0) is 24.9. The van der Waals surface area contributed by atoms with Crippen LogP contribution < -0.4 is 10.1 Å². The number of amides is 3. The Morgan fingerprint density at radius 2 is 1.94 bits per heavy atom. The molecule has 7 heteroatoms. The molecule has 2 atom stereocenters. The number of hydrogen-bond donors (Lipinski definition) is 1. The van der Waals surface area contributed by atoms with E-state index in [1.54, 1.807) is 16.2 Å². The second kappa shape index (κ2) is 11.3. The van der Waals surface area contributed by atoms with E-state index in [1.165, 1.54) is 10.4 Å². The maximum Gasteiger partial charge on any atom is 0.318 e. The van der Waals surface area contributed by atoms with Crippen LogP contribution >= 0.6 is 11.3 Å². The van der Waals surface area contributed by atoms with Crippen molar-refractivity contribution in [1.82, 2.24) is 15.1 Å². The molecule has 2 heterocycles. The number of carbonyl (C=O) groups excluding carboxylic acids is 2. The molecule has 0 saturated heterocycles. The van der Waals surface area contributed by atoms with E-state index < -0.39 is 0 Å². The lowest BCUT2D eigenvalue weighted by Crippen LogP contribution is -2.53. The Balaban J connectivity index is 1.77. The van der Waals surface area contributed by atoms with Crippen LogP contribution in [0.1, 0.15) is 63.1 Å². The summed E-state index contributed by atoms with van der Waals surface area (Å²) in [7, 11) is 0. The summed E-state index contributed by atoms with van der Waals surface area (Å²) >= 11 is 1.73. The van der Waals surface area contributed by atoms with Crippen LogP contribution in [-0.4, -0.2) is 53.5 Å². The maximum atomic E-state index is 13.6. The number of fused-ring (bicyclic) bond motifs is 1. The number of urea groups is 1. The van der Waals surface area contributed by atoms with Gasteiger partial charge in [0.2, 0.25) is 5.91 Å². The highest BCUT2D eigenvalue weighted by atomic mass is 32.1. The van der Waals surface area contributed by atoms with E-state index in [0.29, 0.717) is 25.6 Å². The third-order valence-corrected chi connectivity index (χ3v) is 7.16. The lowest BCUT2D eigenvalue weighted by Gasteiger charge is -2.37. The molecule has 0 spiro atoms. The number of carbonyl (C=O) groups is 2. The summed E-state index contributed by atoms with van der Waals surface area (Å²) in [5.41, 5.74) is 1.97. The van der Waals surface area contributed by atoms with E-state index in [1.807, 2.05) is 56.9 Å². The molecule has 3 rings (SSSR count). The van der Waals surface area contributed by atoms with Crippen molar-refractivity contribution in [3.05, 3.63) is 51.7 Å². The van der Waals surface area contributed by atoms with Gasteiger partial charge in [-0.1, -0.05) is 38.0 Å². The molecule has 0 radical (unpaired) electrons. The molecule has 1 aromatic heterocycles.